The minimum Gasteiger partial charge on any atom is -0.351 e. The fourth-order valence-electron chi connectivity index (χ4n) is 2.41. The van der Waals surface area contributed by atoms with Gasteiger partial charge in [-0.3, -0.25) is 0 Å². The third-order valence-electron chi connectivity index (χ3n) is 3.68. The smallest absolute Gasteiger partial charge is 0.0226 e. The summed E-state index contributed by atoms with van der Waals surface area (Å²) in [5.41, 5.74) is 9.32. The molecule has 2 N–H and O–H groups in total. The van der Waals surface area contributed by atoms with Crippen LogP contribution in [-0.4, -0.2) is 10.1 Å². The first-order valence-corrected chi connectivity index (χ1v) is 5.72. The Morgan fingerprint density at radius 2 is 2.29 bits per heavy atom. The molecule has 0 atom stereocenters. The van der Waals surface area contributed by atoms with E-state index in [-0.39, 0.29) is 5.54 Å². The number of rotatable bonds is 3. The monoisotopic (exact) mass is 190 g/mol. The van der Waals surface area contributed by atoms with Crippen molar-refractivity contribution in [1.29, 1.82) is 0 Å². The van der Waals surface area contributed by atoms with Gasteiger partial charge >= 0.3 is 0 Å². The van der Waals surface area contributed by atoms with Gasteiger partial charge in [-0.25, -0.2) is 0 Å². The molecule has 1 fully saturated rings. The van der Waals surface area contributed by atoms with Gasteiger partial charge in [-0.05, 0) is 50.2 Å². The second kappa shape index (κ2) is 2.86. The third kappa shape index (κ3) is 1.48. The zero-order chi connectivity index (χ0) is 9.60. The molecule has 14 heavy (non-hydrogen) atoms. The van der Waals surface area contributed by atoms with Crippen molar-refractivity contribution in [2.24, 2.45) is 5.73 Å². The Bertz CT molecular complexity index is 326. The van der Waals surface area contributed by atoms with Crippen LogP contribution >= 0.6 is 0 Å². The maximum atomic E-state index is 6.08. The van der Waals surface area contributed by atoms with E-state index in [4.69, 9.17) is 5.73 Å². The molecule has 76 valence electrons. The Labute approximate surface area is 85.1 Å². The predicted octanol–water partition coefficient (Wildman–Crippen LogP) is 1.86. The molecule has 2 heteroatoms. The van der Waals surface area contributed by atoms with Crippen molar-refractivity contribution in [3.8, 4) is 0 Å². The molecular weight excluding hydrogens is 172 g/mol. The summed E-state index contributed by atoms with van der Waals surface area (Å²) in [6, 6.07) is 2.37. The molecule has 2 heterocycles. The topological polar surface area (TPSA) is 30.9 Å². The molecule has 1 saturated carbocycles. The first kappa shape index (κ1) is 8.54. The highest BCUT2D eigenvalue weighted by atomic mass is 15.0. The second-order valence-corrected chi connectivity index (χ2v) is 5.00. The number of hydrogen-bond acceptors (Lipinski definition) is 1. The molecule has 1 aromatic rings. The normalized spacial score (nSPS) is 22.4. The van der Waals surface area contributed by atoms with E-state index in [1.165, 1.54) is 56.3 Å². The summed E-state index contributed by atoms with van der Waals surface area (Å²) in [4.78, 5) is 0. The molecule has 0 unspecified atom stereocenters. The lowest BCUT2D eigenvalue weighted by molar-refractivity contribution is 0.608. The number of aryl methyl sites for hydroxylation is 3. The van der Waals surface area contributed by atoms with Crippen LogP contribution in [0.25, 0.3) is 0 Å². The first-order chi connectivity index (χ1) is 6.75. The quantitative estimate of drug-likeness (QED) is 0.775. The molecule has 2 aliphatic rings. The summed E-state index contributed by atoms with van der Waals surface area (Å²) >= 11 is 0. The lowest BCUT2D eigenvalue weighted by atomic mass is 10.1. The SMILES string of the molecule is NC1(CCc2cc3n(c2)CCC3)CC1. The molecule has 0 radical (unpaired) electrons. The van der Waals surface area contributed by atoms with Crippen LogP contribution in [0.1, 0.15) is 36.9 Å². The largest absolute Gasteiger partial charge is 0.351 e. The van der Waals surface area contributed by atoms with Gasteiger partial charge in [-0.1, -0.05) is 0 Å². The van der Waals surface area contributed by atoms with E-state index >= 15 is 0 Å². The van der Waals surface area contributed by atoms with E-state index in [2.05, 4.69) is 16.8 Å². The zero-order valence-electron chi connectivity index (χ0n) is 8.63. The van der Waals surface area contributed by atoms with Crippen molar-refractivity contribution in [3.63, 3.8) is 0 Å². The predicted molar refractivity (Wildman–Crippen MR) is 57.2 cm³/mol. The Balaban J connectivity index is 1.66. The molecule has 1 aliphatic carbocycles. The van der Waals surface area contributed by atoms with Gasteiger partial charge in [0.1, 0.15) is 0 Å². The summed E-state index contributed by atoms with van der Waals surface area (Å²) in [7, 11) is 0. The average Bonchev–Trinajstić information content (AvgIpc) is 2.61. The first-order valence-electron chi connectivity index (χ1n) is 5.72. The highest BCUT2D eigenvalue weighted by molar-refractivity contribution is 5.22. The Hall–Kier alpha value is -0.760. The van der Waals surface area contributed by atoms with Gasteiger partial charge in [0.2, 0.25) is 0 Å². The number of fused-ring (bicyclic) bond motifs is 1. The highest BCUT2D eigenvalue weighted by Gasteiger charge is 2.37. The van der Waals surface area contributed by atoms with Crippen molar-refractivity contribution in [3.05, 3.63) is 23.5 Å². The van der Waals surface area contributed by atoms with Gasteiger partial charge < -0.3 is 10.3 Å². The molecule has 1 aliphatic heterocycles. The van der Waals surface area contributed by atoms with E-state index in [1.54, 1.807) is 0 Å². The van der Waals surface area contributed by atoms with Crippen LogP contribution in [0.2, 0.25) is 0 Å². The Morgan fingerprint density at radius 3 is 3.00 bits per heavy atom. The van der Waals surface area contributed by atoms with Crippen LogP contribution in [0.5, 0.6) is 0 Å². The molecule has 0 amide bonds. The van der Waals surface area contributed by atoms with E-state index in [0.717, 1.165) is 0 Å². The van der Waals surface area contributed by atoms with Crippen LogP contribution < -0.4 is 5.73 Å². The van der Waals surface area contributed by atoms with Crippen LogP contribution in [0.3, 0.4) is 0 Å². The molecule has 1 aromatic heterocycles. The molecule has 0 spiro atoms. The Kier molecular flexibility index (Phi) is 1.75. The number of aromatic nitrogens is 1. The van der Waals surface area contributed by atoms with Crippen LogP contribution in [-0.2, 0) is 19.4 Å². The minimum absolute atomic E-state index is 0.215. The fourth-order valence-corrected chi connectivity index (χ4v) is 2.41. The van der Waals surface area contributed by atoms with Gasteiger partial charge in [0, 0.05) is 24.0 Å². The van der Waals surface area contributed by atoms with E-state index in [1.807, 2.05) is 0 Å². The molecule has 0 aromatic carbocycles. The van der Waals surface area contributed by atoms with Gasteiger partial charge in [0.25, 0.3) is 0 Å². The van der Waals surface area contributed by atoms with Crippen molar-refractivity contribution < 1.29 is 0 Å². The van der Waals surface area contributed by atoms with E-state index in [9.17, 15) is 0 Å². The van der Waals surface area contributed by atoms with Crippen LogP contribution in [0, 0.1) is 0 Å². The lowest BCUT2D eigenvalue weighted by Crippen LogP contribution is -2.21. The maximum Gasteiger partial charge on any atom is 0.0226 e. The summed E-state index contributed by atoms with van der Waals surface area (Å²) < 4.78 is 2.41. The van der Waals surface area contributed by atoms with Gasteiger partial charge in [0.05, 0.1) is 0 Å². The van der Waals surface area contributed by atoms with Crippen LogP contribution in [0.15, 0.2) is 12.3 Å². The van der Waals surface area contributed by atoms with Crippen molar-refractivity contribution in [2.45, 2.75) is 50.6 Å². The average molecular weight is 190 g/mol. The number of nitrogens with zero attached hydrogens (tertiary/aromatic N) is 1. The van der Waals surface area contributed by atoms with E-state index in [0.29, 0.717) is 0 Å². The molecular formula is C12H18N2. The Morgan fingerprint density at radius 1 is 1.43 bits per heavy atom. The fraction of sp³-hybridized carbons (Fsp3) is 0.667. The standard InChI is InChI=1S/C12H18N2/c13-12(5-6-12)4-3-10-8-11-2-1-7-14(11)9-10/h8-9H,1-7,13H2. The highest BCUT2D eigenvalue weighted by Crippen LogP contribution is 2.36. The number of hydrogen-bond donors (Lipinski definition) is 1. The third-order valence-corrected chi connectivity index (χ3v) is 3.68. The lowest BCUT2D eigenvalue weighted by Gasteiger charge is -2.06. The minimum atomic E-state index is 0.215. The van der Waals surface area contributed by atoms with Gasteiger partial charge in [-0.2, -0.15) is 0 Å². The van der Waals surface area contributed by atoms with Crippen molar-refractivity contribution in [1.82, 2.24) is 4.57 Å². The molecule has 0 bridgehead atoms. The summed E-state index contributed by atoms with van der Waals surface area (Å²) in [5, 5.41) is 0. The van der Waals surface area contributed by atoms with Gasteiger partial charge in [0.15, 0.2) is 0 Å². The second-order valence-electron chi connectivity index (χ2n) is 5.00. The number of nitrogens with two attached hydrogens (primary N) is 1. The van der Waals surface area contributed by atoms with Crippen molar-refractivity contribution >= 4 is 0 Å². The summed E-state index contributed by atoms with van der Waals surface area (Å²) in [6.07, 6.45) is 9.76. The van der Waals surface area contributed by atoms with Crippen molar-refractivity contribution in [2.75, 3.05) is 0 Å². The summed E-state index contributed by atoms with van der Waals surface area (Å²) in [5.74, 6) is 0. The molecule has 2 nitrogen and oxygen atoms in total. The van der Waals surface area contributed by atoms with E-state index < -0.39 is 0 Å². The summed E-state index contributed by atoms with van der Waals surface area (Å²) in [6.45, 7) is 1.23. The zero-order valence-corrected chi connectivity index (χ0v) is 8.63. The van der Waals surface area contributed by atoms with Gasteiger partial charge in [-0.15, -0.1) is 0 Å². The van der Waals surface area contributed by atoms with Crippen LogP contribution in [0.4, 0.5) is 0 Å². The molecule has 0 saturated heterocycles. The maximum absolute atomic E-state index is 6.08. The molecule has 3 rings (SSSR count).